The molecule has 3 heterocycles. The lowest BCUT2D eigenvalue weighted by Gasteiger charge is -2.35. The third-order valence-corrected chi connectivity index (χ3v) is 6.05. The van der Waals surface area contributed by atoms with Crippen molar-refractivity contribution in [3.63, 3.8) is 0 Å². The van der Waals surface area contributed by atoms with Crippen LogP contribution in [0.3, 0.4) is 0 Å². The van der Waals surface area contributed by atoms with Gasteiger partial charge < -0.3 is 9.73 Å². The first-order chi connectivity index (χ1) is 14.7. The highest BCUT2D eigenvalue weighted by Crippen LogP contribution is 2.45. The number of Topliss-reactive ketones (excluding diaryl/α,β-unsaturated/α-hetero) is 1. The summed E-state index contributed by atoms with van der Waals surface area (Å²) >= 11 is 0. The third-order valence-electron chi connectivity index (χ3n) is 6.05. The van der Waals surface area contributed by atoms with Gasteiger partial charge in [0.2, 0.25) is 5.95 Å². The van der Waals surface area contributed by atoms with E-state index in [0.717, 1.165) is 27.9 Å². The quantitative estimate of drug-likeness (QED) is 0.504. The van der Waals surface area contributed by atoms with Crippen LogP contribution < -0.4 is 5.32 Å². The predicted molar refractivity (Wildman–Crippen MR) is 111 cm³/mol. The summed E-state index contributed by atoms with van der Waals surface area (Å²) in [5.74, 6) is 1.20. The van der Waals surface area contributed by atoms with Crippen LogP contribution in [0.5, 0.6) is 0 Å². The van der Waals surface area contributed by atoms with Crippen molar-refractivity contribution in [3.8, 4) is 0 Å². The van der Waals surface area contributed by atoms with Gasteiger partial charge in [0.05, 0.1) is 17.3 Å². The maximum Gasteiger partial charge on any atom is 0.209 e. The molecule has 6 rings (SSSR count). The fourth-order valence-corrected chi connectivity index (χ4v) is 4.71. The molecule has 0 fully saturated rings. The van der Waals surface area contributed by atoms with E-state index in [1.165, 1.54) is 12.1 Å². The van der Waals surface area contributed by atoms with Crippen LogP contribution in [-0.2, 0) is 4.79 Å². The number of ketones is 1. The molecule has 1 N–H and O–H groups in total. The summed E-state index contributed by atoms with van der Waals surface area (Å²) in [7, 11) is 0. The number of nitrogens with one attached hydrogen (secondary N) is 1. The fourth-order valence-electron chi connectivity index (χ4n) is 4.71. The number of hydrogen-bond acceptors (Lipinski definition) is 4. The van der Waals surface area contributed by atoms with Gasteiger partial charge in [0.1, 0.15) is 17.6 Å². The summed E-state index contributed by atoms with van der Waals surface area (Å²) in [6.45, 7) is 0. The van der Waals surface area contributed by atoms with Crippen molar-refractivity contribution in [2.24, 2.45) is 0 Å². The molecule has 2 aliphatic rings. The molecule has 0 saturated heterocycles. The Balaban J connectivity index is 1.50. The Morgan fingerprint density at radius 3 is 2.67 bits per heavy atom. The van der Waals surface area contributed by atoms with Crippen molar-refractivity contribution in [1.82, 2.24) is 9.55 Å². The monoisotopic (exact) mass is 399 g/mol. The van der Waals surface area contributed by atoms with E-state index in [2.05, 4.69) is 5.32 Å². The number of carbonyl (C=O) groups is 1. The molecule has 2 aromatic carbocycles. The van der Waals surface area contributed by atoms with Gasteiger partial charge in [-0.3, -0.25) is 9.36 Å². The van der Waals surface area contributed by atoms with E-state index in [9.17, 15) is 9.18 Å². The van der Waals surface area contributed by atoms with Crippen LogP contribution in [0, 0.1) is 5.82 Å². The second-order valence-electron chi connectivity index (χ2n) is 7.81. The SMILES string of the molecule is O=C1C[C@@H](c2ccc(F)cc2)CC2=C1[C@@H](c1ccco1)n1c(nc3ccccc31)N2. The molecule has 30 heavy (non-hydrogen) atoms. The smallest absolute Gasteiger partial charge is 0.209 e. The summed E-state index contributed by atoms with van der Waals surface area (Å²) in [4.78, 5) is 18.2. The highest BCUT2D eigenvalue weighted by Gasteiger charge is 2.40. The number of anilines is 1. The van der Waals surface area contributed by atoms with Crippen molar-refractivity contribution in [1.29, 1.82) is 0 Å². The summed E-state index contributed by atoms with van der Waals surface area (Å²) in [5, 5.41) is 3.42. The zero-order valence-electron chi connectivity index (χ0n) is 16.0. The molecular weight excluding hydrogens is 381 g/mol. The number of nitrogens with zero attached hydrogens (tertiary/aromatic N) is 2. The molecule has 6 heteroatoms. The van der Waals surface area contributed by atoms with E-state index in [1.807, 2.05) is 41.0 Å². The van der Waals surface area contributed by atoms with Crippen molar-refractivity contribution in [2.45, 2.75) is 24.8 Å². The van der Waals surface area contributed by atoms with Gasteiger partial charge in [-0.15, -0.1) is 0 Å². The Labute approximate surface area is 171 Å². The summed E-state index contributed by atoms with van der Waals surface area (Å²) < 4.78 is 21.2. The number of hydrogen-bond donors (Lipinski definition) is 1. The van der Waals surface area contributed by atoms with Crippen LogP contribution in [0.25, 0.3) is 11.0 Å². The normalized spacial score (nSPS) is 20.8. The predicted octanol–water partition coefficient (Wildman–Crippen LogP) is 5.18. The molecule has 0 bridgehead atoms. The van der Waals surface area contributed by atoms with Crippen molar-refractivity contribution < 1.29 is 13.6 Å². The van der Waals surface area contributed by atoms with Crippen molar-refractivity contribution in [3.05, 3.63) is 95.3 Å². The molecule has 0 amide bonds. The molecular formula is C24H18FN3O2. The molecule has 2 atom stereocenters. The molecule has 2 aromatic heterocycles. The van der Waals surface area contributed by atoms with Crippen LogP contribution in [-0.4, -0.2) is 15.3 Å². The van der Waals surface area contributed by atoms with E-state index in [-0.39, 0.29) is 23.6 Å². The first-order valence-corrected chi connectivity index (χ1v) is 9.98. The number of benzene rings is 2. The van der Waals surface area contributed by atoms with Crippen LogP contribution in [0.4, 0.5) is 10.3 Å². The summed E-state index contributed by atoms with van der Waals surface area (Å²) in [6.07, 6.45) is 2.67. The molecule has 0 saturated carbocycles. The Kier molecular flexibility index (Phi) is 3.68. The Morgan fingerprint density at radius 1 is 1.03 bits per heavy atom. The number of fused-ring (bicyclic) bond motifs is 3. The highest BCUT2D eigenvalue weighted by molar-refractivity contribution is 6.00. The Morgan fingerprint density at radius 2 is 1.87 bits per heavy atom. The molecule has 4 aromatic rings. The first kappa shape index (κ1) is 17.2. The van der Waals surface area contributed by atoms with E-state index in [1.54, 1.807) is 18.4 Å². The van der Waals surface area contributed by atoms with Crippen LogP contribution in [0.1, 0.15) is 36.1 Å². The van der Waals surface area contributed by atoms with Gasteiger partial charge in [-0.2, -0.15) is 0 Å². The average molecular weight is 399 g/mol. The number of para-hydroxylation sites is 2. The largest absolute Gasteiger partial charge is 0.467 e. The first-order valence-electron chi connectivity index (χ1n) is 9.98. The van der Waals surface area contributed by atoms with Gasteiger partial charge in [0.25, 0.3) is 0 Å². The van der Waals surface area contributed by atoms with E-state index in [0.29, 0.717) is 24.6 Å². The molecule has 148 valence electrons. The fraction of sp³-hybridized carbons (Fsp3) is 0.167. The molecule has 0 spiro atoms. The topological polar surface area (TPSA) is 60.1 Å². The summed E-state index contributed by atoms with van der Waals surface area (Å²) in [5.41, 5.74) is 4.36. The van der Waals surface area contributed by atoms with E-state index < -0.39 is 0 Å². The van der Waals surface area contributed by atoms with Gasteiger partial charge in [-0.25, -0.2) is 9.37 Å². The Hall–Kier alpha value is -3.67. The molecule has 5 nitrogen and oxygen atoms in total. The number of carbonyl (C=O) groups excluding carboxylic acids is 1. The molecule has 0 unspecified atom stereocenters. The van der Waals surface area contributed by atoms with Gasteiger partial charge >= 0.3 is 0 Å². The van der Waals surface area contributed by atoms with Gasteiger partial charge in [0.15, 0.2) is 5.78 Å². The number of imidazole rings is 1. The van der Waals surface area contributed by atoms with Crippen LogP contribution in [0.15, 0.2) is 82.6 Å². The minimum absolute atomic E-state index is 0.00229. The van der Waals surface area contributed by atoms with Gasteiger partial charge in [0, 0.05) is 17.7 Å². The van der Waals surface area contributed by atoms with E-state index >= 15 is 0 Å². The highest BCUT2D eigenvalue weighted by atomic mass is 19.1. The molecule has 0 radical (unpaired) electrons. The van der Waals surface area contributed by atoms with Crippen LogP contribution in [0.2, 0.25) is 0 Å². The number of allylic oxidation sites excluding steroid dienone is 2. The number of halogens is 1. The summed E-state index contributed by atoms with van der Waals surface area (Å²) in [6, 6.07) is 17.7. The minimum atomic E-state index is -0.361. The lowest BCUT2D eigenvalue weighted by Crippen LogP contribution is -2.32. The van der Waals surface area contributed by atoms with Gasteiger partial charge in [-0.1, -0.05) is 24.3 Å². The average Bonchev–Trinajstić information content (AvgIpc) is 3.40. The number of furan rings is 1. The lowest BCUT2D eigenvalue weighted by molar-refractivity contribution is -0.116. The maximum atomic E-state index is 13.4. The molecule has 1 aliphatic carbocycles. The van der Waals surface area contributed by atoms with Crippen molar-refractivity contribution in [2.75, 3.05) is 5.32 Å². The Bertz CT molecular complexity index is 1300. The zero-order valence-corrected chi connectivity index (χ0v) is 16.0. The standard InChI is InChI=1S/C24H18FN3O2/c25-16-9-7-14(8-10-16)15-12-18-22(20(29)13-15)23(21-6-3-11-30-21)28-19-5-2-1-4-17(19)26-24(28)27-18/h1-11,15,23H,12-13H2,(H,26,27)/t15-,23+/m0/s1. The second kappa shape index (κ2) is 6.42. The molecule has 1 aliphatic heterocycles. The second-order valence-corrected chi connectivity index (χ2v) is 7.81. The van der Waals surface area contributed by atoms with Crippen molar-refractivity contribution >= 4 is 22.8 Å². The van der Waals surface area contributed by atoms with Gasteiger partial charge in [-0.05, 0) is 54.3 Å². The lowest BCUT2D eigenvalue weighted by atomic mass is 9.78. The number of aromatic nitrogens is 2. The van der Waals surface area contributed by atoms with Crippen LogP contribution >= 0.6 is 0 Å². The third kappa shape index (κ3) is 2.53. The number of rotatable bonds is 2. The maximum absolute atomic E-state index is 13.4. The zero-order chi connectivity index (χ0) is 20.2. The van der Waals surface area contributed by atoms with E-state index in [4.69, 9.17) is 9.40 Å². The minimum Gasteiger partial charge on any atom is -0.467 e.